The summed E-state index contributed by atoms with van der Waals surface area (Å²) in [4.78, 5) is 13.0. The summed E-state index contributed by atoms with van der Waals surface area (Å²) in [5.74, 6) is 1.22. The maximum absolute atomic E-state index is 13.0. The van der Waals surface area contributed by atoms with Crippen molar-refractivity contribution in [1.82, 2.24) is 9.78 Å². The molecule has 0 saturated carbocycles. The number of carbonyl (C=O) groups is 1. The summed E-state index contributed by atoms with van der Waals surface area (Å²) in [5, 5.41) is 7.63. The van der Waals surface area contributed by atoms with Gasteiger partial charge in [0, 0.05) is 5.41 Å². The number of anilines is 1. The average molecular weight is 534 g/mol. The first kappa shape index (κ1) is 27.0. The fourth-order valence-corrected chi connectivity index (χ4v) is 4.88. The number of hydrogen-bond acceptors (Lipinski definition) is 4. The fourth-order valence-electron chi connectivity index (χ4n) is 4.88. The largest absolute Gasteiger partial charge is 0.486 e. The second-order valence-corrected chi connectivity index (χ2v) is 10.7. The molecule has 0 unspecified atom stereocenters. The van der Waals surface area contributed by atoms with E-state index in [4.69, 9.17) is 9.15 Å². The number of carbonyl (C=O) groups excluding carboxylic acids is 1. The normalized spacial score (nSPS) is 11.4. The van der Waals surface area contributed by atoms with Crippen LogP contribution in [0.15, 0.2) is 95.4 Å². The van der Waals surface area contributed by atoms with Crippen molar-refractivity contribution < 1.29 is 13.9 Å². The molecular formula is C34H35N3O3. The van der Waals surface area contributed by atoms with Crippen LogP contribution < -0.4 is 10.1 Å². The SMILES string of the molecule is Cc1ccccc1Cn1nc(C)c(NC(=O)c2ccc(COc3ccc(C(C)(C)c4ccccc4)cc3)o2)c1C. The van der Waals surface area contributed by atoms with Gasteiger partial charge in [-0.05, 0) is 67.3 Å². The number of nitrogens with zero attached hydrogens (tertiary/aromatic N) is 2. The molecule has 0 radical (unpaired) electrons. The van der Waals surface area contributed by atoms with Crippen LogP contribution in [0, 0.1) is 20.8 Å². The zero-order valence-corrected chi connectivity index (χ0v) is 23.7. The minimum absolute atomic E-state index is 0.114. The number of benzene rings is 3. The van der Waals surface area contributed by atoms with Gasteiger partial charge in [0.05, 0.1) is 23.6 Å². The average Bonchev–Trinajstić information content (AvgIpc) is 3.54. The summed E-state index contributed by atoms with van der Waals surface area (Å²) in [6.45, 7) is 11.2. The van der Waals surface area contributed by atoms with Crippen molar-refractivity contribution in [3.05, 3.63) is 136 Å². The monoisotopic (exact) mass is 533 g/mol. The molecule has 6 nitrogen and oxygen atoms in total. The summed E-state index contributed by atoms with van der Waals surface area (Å²) in [7, 11) is 0. The molecule has 0 saturated heterocycles. The van der Waals surface area contributed by atoms with Crippen LogP contribution >= 0.6 is 0 Å². The summed E-state index contributed by atoms with van der Waals surface area (Å²) >= 11 is 0. The molecule has 204 valence electrons. The molecule has 0 spiro atoms. The van der Waals surface area contributed by atoms with E-state index in [-0.39, 0.29) is 23.7 Å². The van der Waals surface area contributed by atoms with Crippen molar-refractivity contribution in [3.63, 3.8) is 0 Å². The van der Waals surface area contributed by atoms with E-state index in [1.54, 1.807) is 12.1 Å². The van der Waals surface area contributed by atoms with Crippen molar-refractivity contribution in [2.45, 2.75) is 53.2 Å². The predicted molar refractivity (Wildman–Crippen MR) is 158 cm³/mol. The first-order valence-corrected chi connectivity index (χ1v) is 13.5. The number of ether oxygens (including phenoxy) is 1. The van der Waals surface area contributed by atoms with Gasteiger partial charge in [-0.2, -0.15) is 5.10 Å². The summed E-state index contributed by atoms with van der Waals surface area (Å²) in [5.41, 5.74) is 7.10. The standard InChI is InChI=1S/C34H35N3O3/c1-23-11-9-10-12-26(23)21-37-25(3)32(24(2)36-37)35-33(38)31-20-19-30(40-31)22-39-29-17-15-28(16-18-29)34(4,5)27-13-7-6-8-14-27/h6-20H,21-22H2,1-5H3,(H,35,38). The highest BCUT2D eigenvalue weighted by atomic mass is 16.5. The van der Waals surface area contributed by atoms with Gasteiger partial charge in [0.15, 0.2) is 5.76 Å². The quantitative estimate of drug-likeness (QED) is 0.212. The summed E-state index contributed by atoms with van der Waals surface area (Å²) in [6, 6.07) is 30.2. The lowest BCUT2D eigenvalue weighted by atomic mass is 9.78. The van der Waals surface area contributed by atoms with Crippen LogP contribution in [0.5, 0.6) is 5.75 Å². The molecule has 0 atom stereocenters. The highest BCUT2D eigenvalue weighted by Gasteiger charge is 2.23. The Balaban J connectivity index is 1.20. The number of rotatable bonds is 9. The van der Waals surface area contributed by atoms with Gasteiger partial charge in [0.25, 0.3) is 5.91 Å². The van der Waals surface area contributed by atoms with Gasteiger partial charge in [-0.25, -0.2) is 0 Å². The second kappa shape index (κ2) is 11.3. The van der Waals surface area contributed by atoms with Gasteiger partial charge < -0.3 is 14.5 Å². The van der Waals surface area contributed by atoms with Crippen molar-refractivity contribution in [1.29, 1.82) is 0 Å². The molecule has 0 bridgehead atoms. The molecular weight excluding hydrogens is 498 g/mol. The first-order chi connectivity index (χ1) is 19.2. The molecule has 1 N–H and O–H groups in total. The lowest BCUT2D eigenvalue weighted by Crippen LogP contribution is -2.18. The lowest BCUT2D eigenvalue weighted by molar-refractivity contribution is 0.0992. The van der Waals surface area contributed by atoms with Gasteiger partial charge in [0.1, 0.15) is 18.1 Å². The van der Waals surface area contributed by atoms with Gasteiger partial charge in [-0.15, -0.1) is 0 Å². The van der Waals surface area contributed by atoms with Gasteiger partial charge >= 0.3 is 0 Å². The van der Waals surface area contributed by atoms with Crippen molar-refractivity contribution in [3.8, 4) is 5.75 Å². The van der Waals surface area contributed by atoms with E-state index in [1.807, 2.05) is 48.9 Å². The molecule has 2 heterocycles. The Morgan fingerprint density at radius 3 is 2.27 bits per heavy atom. The maximum atomic E-state index is 13.0. The zero-order chi connectivity index (χ0) is 28.3. The topological polar surface area (TPSA) is 69.3 Å². The molecule has 0 aliphatic carbocycles. The third-order valence-corrected chi connectivity index (χ3v) is 7.54. The maximum Gasteiger partial charge on any atom is 0.291 e. The van der Waals surface area contributed by atoms with Crippen LogP contribution in [0.4, 0.5) is 5.69 Å². The molecule has 6 heteroatoms. The number of nitrogens with one attached hydrogen (secondary N) is 1. The minimum atomic E-state index is -0.319. The second-order valence-electron chi connectivity index (χ2n) is 10.7. The molecule has 0 aliphatic rings. The number of aromatic nitrogens is 2. The molecule has 5 aromatic rings. The van der Waals surface area contributed by atoms with Gasteiger partial charge in [0.2, 0.25) is 0 Å². The molecule has 1 amide bonds. The molecule has 0 fully saturated rings. The Labute approximate surface area is 235 Å². The summed E-state index contributed by atoms with van der Waals surface area (Å²) in [6.07, 6.45) is 0. The molecule has 2 aromatic heterocycles. The van der Waals surface area contributed by atoms with E-state index in [1.165, 1.54) is 22.3 Å². The third kappa shape index (κ3) is 5.71. The lowest BCUT2D eigenvalue weighted by Gasteiger charge is -2.26. The van der Waals surface area contributed by atoms with Crippen LogP contribution in [0.2, 0.25) is 0 Å². The van der Waals surface area contributed by atoms with Crippen molar-refractivity contribution >= 4 is 11.6 Å². The van der Waals surface area contributed by atoms with E-state index in [0.29, 0.717) is 18.0 Å². The number of amides is 1. The number of aryl methyl sites for hydroxylation is 2. The fraction of sp³-hybridized carbons (Fsp3) is 0.235. The molecule has 5 rings (SSSR count). The Hall–Kier alpha value is -4.58. The van der Waals surface area contributed by atoms with Crippen LogP contribution in [-0.2, 0) is 18.6 Å². The summed E-state index contributed by atoms with van der Waals surface area (Å²) < 4.78 is 13.7. The van der Waals surface area contributed by atoms with E-state index in [0.717, 1.165) is 17.1 Å². The highest BCUT2D eigenvalue weighted by molar-refractivity contribution is 6.02. The van der Waals surface area contributed by atoms with Crippen molar-refractivity contribution in [2.24, 2.45) is 0 Å². The van der Waals surface area contributed by atoms with Crippen LogP contribution in [0.1, 0.15) is 63.8 Å². The number of hydrogen-bond donors (Lipinski definition) is 1. The van der Waals surface area contributed by atoms with E-state index in [9.17, 15) is 4.79 Å². The molecule has 3 aromatic carbocycles. The molecule has 0 aliphatic heterocycles. The zero-order valence-electron chi connectivity index (χ0n) is 23.7. The minimum Gasteiger partial charge on any atom is -0.486 e. The van der Waals surface area contributed by atoms with Gasteiger partial charge in [-0.1, -0.05) is 80.6 Å². The van der Waals surface area contributed by atoms with E-state index >= 15 is 0 Å². The van der Waals surface area contributed by atoms with Crippen LogP contribution in [-0.4, -0.2) is 15.7 Å². The Kier molecular flexibility index (Phi) is 7.60. The third-order valence-electron chi connectivity index (χ3n) is 7.54. The van der Waals surface area contributed by atoms with Crippen LogP contribution in [0.25, 0.3) is 0 Å². The number of furan rings is 1. The Morgan fingerprint density at radius 2 is 1.55 bits per heavy atom. The smallest absolute Gasteiger partial charge is 0.291 e. The van der Waals surface area contributed by atoms with E-state index < -0.39 is 0 Å². The molecule has 40 heavy (non-hydrogen) atoms. The predicted octanol–water partition coefficient (Wildman–Crippen LogP) is 7.61. The van der Waals surface area contributed by atoms with Gasteiger partial charge in [-0.3, -0.25) is 9.48 Å². The Morgan fingerprint density at radius 1 is 0.875 bits per heavy atom. The van der Waals surface area contributed by atoms with Crippen LogP contribution in [0.3, 0.4) is 0 Å². The Bertz CT molecular complexity index is 1610. The van der Waals surface area contributed by atoms with Crippen molar-refractivity contribution in [2.75, 3.05) is 5.32 Å². The first-order valence-electron chi connectivity index (χ1n) is 13.5. The highest BCUT2D eigenvalue weighted by Crippen LogP contribution is 2.32. The van der Waals surface area contributed by atoms with E-state index in [2.05, 4.69) is 79.7 Å².